The Labute approximate surface area is 238 Å². The van der Waals surface area contributed by atoms with Crippen LogP contribution in [0.4, 0.5) is 5.69 Å². The van der Waals surface area contributed by atoms with Gasteiger partial charge in [0.25, 0.3) is 16.0 Å². The van der Waals surface area contributed by atoms with Crippen molar-refractivity contribution in [3.63, 3.8) is 0 Å². The number of carbonyl (C=O) groups excluding carboxylic acids is 1. The molecule has 3 aromatic rings. The molecule has 2 heterocycles. The fraction of sp³-hybridized carbons (Fsp3) is 0.407. The van der Waals surface area contributed by atoms with Gasteiger partial charge in [-0.1, -0.05) is 47.0 Å². The normalized spacial score (nSPS) is 19.5. The molecule has 1 aliphatic carbocycles. The molecular formula is C27H32Cl2N4O5S. The summed E-state index contributed by atoms with van der Waals surface area (Å²) in [6.07, 6.45) is 6.13. The molecule has 0 radical (unpaired) electrons. The van der Waals surface area contributed by atoms with Crippen molar-refractivity contribution in [1.82, 2.24) is 15.2 Å². The second-order valence-electron chi connectivity index (χ2n) is 9.82. The minimum Gasteiger partial charge on any atom is -0.441 e. The predicted octanol–water partition coefficient (Wildman–Crippen LogP) is 4.94. The van der Waals surface area contributed by atoms with E-state index in [9.17, 15) is 13.2 Å². The van der Waals surface area contributed by atoms with Gasteiger partial charge in [-0.25, -0.2) is 4.98 Å². The maximum Gasteiger partial charge on any atom is 0.307 e. The summed E-state index contributed by atoms with van der Waals surface area (Å²) in [5.74, 6) is 0.598. The Bertz CT molecular complexity index is 1340. The van der Waals surface area contributed by atoms with Gasteiger partial charge in [0.05, 0.1) is 26.8 Å². The van der Waals surface area contributed by atoms with Gasteiger partial charge in [0, 0.05) is 32.2 Å². The first-order valence-corrected chi connectivity index (χ1v) is 15.0. The van der Waals surface area contributed by atoms with Crippen molar-refractivity contribution in [2.24, 2.45) is 5.92 Å². The van der Waals surface area contributed by atoms with E-state index in [1.165, 1.54) is 31.0 Å². The number of aryl methyl sites for hydroxylation is 1. The first-order valence-electron chi connectivity index (χ1n) is 12.8. The van der Waals surface area contributed by atoms with Gasteiger partial charge in [-0.3, -0.25) is 14.2 Å². The van der Waals surface area contributed by atoms with Gasteiger partial charge in [-0.15, -0.1) is 0 Å². The van der Waals surface area contributed by atoms with Crippen LogP contribution in [0, 0.1) is 12.8 Å². The summed E-state index contributed by atoms with van der Waals surface area (Å²) in [5, 5.41) is 4.23. The van der Waals surface area contributed by atoms with Crippen LogP contribution in [0.2, 0.25) is 10.0 Å². The van der Waals surface area contributed by atoms with Crippen LogP contribution in [-0.2, 0) is 10.1 Å². The number of nitrogens with one attached hydrogen (secondary N) is 1. The van der Waals surface area contributed by atoms with Gasteiger partial charge >= 0.3 is 5.91 Å². The molecule has 39 heavy (non-hydrogen) atoms. The van der Waals surface area contributed by atoms with Gasteiger partial charge in [-0.05, 0) is 62.9 Å². The minimum absolute atomic E-state index is 0.0666. The third-order valence-electron chi connectivity index (χ3n) is 7.01. The third-order valence-corrected chi connectivity index (χ3v) is 8.69. The topological polar surface area (TPSA) is 116 Å². The van der Waals surface area contributed by atoms with Crippen molar-refractivity contribution in [3.05, 3.63) is 76.4 Å². The number of carbonyl (C=O) groups is 1. The molecular weight excluding hydrogens is 563 g/mol. The van der Waals surface area contributed by atoms with Crippen molar-refractivity contribution in [3.8, 4) is 0 Å². The highest BCUT2D eigenvalue weighted by Gasteiger charge is 2.31. The number of anilines is 1. The highest BCUT2D eigenvalue weighted by Crippen LogP contribution is 2.33. The molecule has 0 atom stereocenters. The lowest BCUT2D eigenvalue weighted by Gasteiger charge is -2.39. The molecule has 0 bridgehead atoms. The van der Waals surface area contributed by atoms with Crippen molar-refractivity contribution >= 4 is 44.9 Å². The van der Waals surface area contributed by atoms with E-state index in [1.54, 1.807) is 12.1 Å². The molecule has 12 heteroatoms. The van der Waals surface area contributed by atoms with E-state index in [1.807, 2.05) is 25.1 Å². The molecule has 5 rings (SSSR count). The van der Waals surface area contributed by atoms with Crippen molar-refractivity contribution in [2.45, 2.75) is 37.1 Å². The summed E-state index contributed by atoms with van der Waals surface area (Å²) in [7, 11) is -4.02. The molecule has 1 amide bonds. The highest BCUT2D eigenvalue weighted by atomic mass is 35.5. The summed E-state index contributed by atoms with van der Waals surface area (Å²) in [4.78, 5) is 20.5. The Hall–Kier alpha value is -2.63. The zero-order chi connectivity index (χ0) is 28.0. The summed E-state index contributed by atoms with van der Waals surface area (Å²) >= 11 is 12.5. The van der Waals surface area contributed by atoms with Crippen molar-refractivity contribution < 1.29 is 22.2 Å². The molecule has 1 saturated carbocycles. The molecule has 2 aliphatic rings. The van der Waals surface area contributed by atoms with Gasteiger partial charge in [0.1, 0.15) is 6.26 Å². The maximum absolute atomic E-state index is 11.9. The number of amides is 1. The fourth-order valence-corrected chi connectivity index (χ4v) is 5.59. The summed E-state index contributed by atoms with van der Waals surface area (Å²) in [6.45, 7) is 6.91. The highest BCUT2D eigenvalue weighted by molar-refractivity contribution is 7.85. The van der Waals surface area contributed by atoms with E-state index in [-0.39, 0.29) is 22.7 Å². The molecule has 2 aromatic carbocycles. The van der Waals surface area contributed by atoms with Gasteiger partial charge < -0.3 is 14.6 Å². The number of aromatic nitrogens is 1. The Morgan fingerprint density at radius 2 is 1.79 bits per heavy atom. The van der Waals surface area contributed by atoms with Crippen molar-refractivity contribution in [2.75, 3.05) is 37.6 Å². The minimum atomic E-state index is -4.02. The Morgan fingerprint density at radius 1 is 1.10 bits per heavy atom. The largest absolute Gasteiger partial charge is 0.441 e. The number of oxazole rings is 1. The molecule has 1 saturated heterocycles. The molecule has 0 unspecified atom stereocenters. The quantitative estimate of drug-likeness (QED) is 0.369. The van der Waals surface area contributed by atoms with Gasteiger partial charge in [0.15, 0.2) is 0 Å². The number of piperazine rings is 1. The molecule has 0 spiro atoms. The van der Waals surface area contributed by atoms with Crippen LogP contribution in [0.25, 0.3) is 0 Å². The zero-order valence-electron chi connectivity index (χ0n) is 21.6. The first kappa shape index (κ1) is 29.4. The number of halogens is 2. The number of nitrogens with zero attached hydrogens (tertiary/aromatic N) is 3. The van der Waals surface area contributed by atoms with E-state index in [2.05, 4.69) is 20.1 Å². The van der Waals surface area contributed by atoms with E-state index in [4.69, 9.17) is 32.2 Å². The van der Waals surface area contributed by atoms with Crippen LogP contribution in [0.5, 0.6) is 0 Å². The van der Waals surface area contributed by atoms with Crippen LogP contribution < -0.4 is 10.2 Å². The van der Waals surface area contributed by atoms with Crippen LogP contribution >= 0.6 is 23.2 Å². The predicted molar refractivity (Wildman–Crippen MR) is 151 cm³/mol. The maximum atomic E-state index is 11.9. The second-order valence-corrected chi connectivity index (χ2v) is 12.0. The molecule has 2 N–H and O–H groups in total. The number of hydrogen-bond acceptors (Lipinski definition) is 7. The summed E-state index contributed by atoms with van der Waals surface area (Å²) < 4.78 is 34.6. The monoisotopic (exact) mass is 594 g/mol. The molecule has 2 fully saturated rings. The summed E-state index contributed by atoms with van der Waals surface area (Å²) in [5.41, 5.74) is 1.98. The summed E-state index contributed by atoms with van der Waals surface area (Å²) in [6, 6.07) is 12.0. The number of rotatable bonds is 7. The van der Waals surface area contributed by atoms with E-state index < -0.39 is 10.1 Å². The van der Waals surface area contributed by atoms with Crippen LogP contribution in [0.3, 0.4) is 0 Å². The Morgan fingerprint density at radius 3 is 2.41 bits per heavy atom. The zero-order valence-corrected chi connectivity index (χ0v) is 23.9. The number of hydrogen-bond donors (Lipinski definition) is 2. The standard InChI is InChI=1S/C20H24Cl2N4O2.C7H8O3S/c21-16-2-1-3-17(18(16)22)26-9-7-25(8-10-26)6-4-14-12-15(13-14)24-19(27)20-23-5-11-28-20;1-6-2-4-7(5-3-6)11(8,9)10/h1-3,5,11,14-15H,4,6-10,12-13H2,(H,24,27);2-5H,1H3,(H,8,9,10)/t14-,15-;. The third kappa shape index (κ3) is 8.18. The van der Waals surface area contributed by atoms with Gasteiger partial charge in [-0.2, -0.15) is 8.42 Å². The Kier molecular flexibility index (Phi) is 9.90. The first-order chi connectivity index (χ1) is 18.6. The average molecular weight is 596 g/mol. The lowest BCUT2D eigenvalue weighted by atomic mass is 9.78. The second kappa shape index (κ2) is 13.1. The average Bonchev–Trinajstić information content (AvgIpc) is 3.43. The smallest absolute Gasteiger partial charge is 0.307 e. The van der Waals surface area contributed by atoms with Crippen LogP contribution in [-0.4, -0.2) is 67.5 Å². The fourth-order valence-electron chi connectivity index (χ4n) is 4.70. The lowest BCUT2D eigenvalue weighted by Crippen LogP contribution is -2.48. The van der Waals surface area contributed by atoms with Crippen molar-refractivity contribution in [1.29, 1.82) is 0 Å². The van der Waals surface area contributed by atoms with Crippen LogP contribution in [0.15, 0.2) is 64.2 Å². The van der Waals surface area contributed by atoms with E-state index in [0.717, 1.165) is 56.8 Å². The van der Waals surface area contributed by atoms with Gasteiger partial charge in [0.2, 0.25) is 0 Å². The van der Waals surface area contributed by atoms with E-state index >= 15 is 0 Å². The number of benzene rings is 2. The van der Waals surface area contributed by atoms with Crippen LogP contribution in [0.1, 0.15) is 35.5 Å². The molecule has 210 valence electrons. The molecule has 1 aromatic heterocycles. The SMILES string of the molecule is Cc1ccc(S(=O)(=O)O)cc1.O=C(N[C@H]1C[C@H](CCN2CCN(c3cccc(Cl)c3Cl)CC2)C1)c1ncco1. The molecule has 1 aliphatic heterocycles. The lowest BCUT2D eigenvalue weighted by molar-refractivity contribution is 0.0842. The Balaban J connectivity index is 0.000000270. The van der Waals surface area contributed by atoms with E-state index in [0.29, 0.717) is 16.0 Å². The molecule has 9 nitrogen and oxygen atoms in total.